The highest BCUT2D eigenvalue weighted by molar-refractivity contribution is 14.1. The summed E-state index contributed by atoms with van der Waals surface area (Å²) in [5, 5.41) is 2.90. The highest BCUT2D eigenvalue weighted by Gasteiger charge is 1.72. The SMILES string of the molecule is CNCC#CC#CCOCI. The molecule has 0 aromatic heterocycles. The van der Waals surface area contributed by atoms with Crippen molar-refractivity contribution in [1.29, 1.82) is 0 Å². The number of rotatable bonds is 3. The predicted molar refractivity (Wildman–Crippen MR) is 54.3 cm³/mol. The summed E-state index contributed by atoms with van der Waals surface area (Å²) >= 11 is 2.13. The van der Waals surface area contributed by atoms with Gasteiger partial charge >= 0.3 is 0 Å². The van der Waals surface area contributed by atoms with E-state index in [4.69, 9.17) is 4.74 Å². The molecule has 0 saturated heterocycles. The fourth-order valence-electron chi connectivity index (χ4n) is 0.347. The largest absolute Gasteiger partial charge is 0.358 e. The lowest BCUT2D eigenvalue weighted by molar-refractivity contribution is 0.231. The van der Waals surface area contributed by atoms with Crippen LogP contribution in [0.5, 0.6) is 0 Å². The minimum absolute atomic E-state index is 0.469. The zero-order valence-electron chi connectivity index (χ0n) is 6.41. The fraction of sp³-hybridized carbons (Fsp3) is 0.500. The van der Waals surface area contributed by atoms with Gasteiger partial charge in [0.1, 0.15) is 6.61 Å². The minimum Gasteiger partial charge on any atom is -0.358 e. The van der Waals surface area contributed by atoms with Gasteiger partial charge in [-0.15, -0.1) is 0 Å². The smallest absolute Gasteiger partial charge is 0.109 e. The van der Waals surface area contributed by atoms with E-state index in [-0.39, 0.29) is 0 Å². The summed E-state index contributed by atoms with van der Waals surface area (Å²) in [6.45, 7) is 1.15. The lowest BCUT2D eigenvalue weighted by Crippen LogP contribution is -2.04. The third kappa shape index (κ3) is 9.77. The second kappa shape index (κ2) is 9.77. The number of ether oxygens (including phenoxy) is 1. The Bertz CT molecular complexity index is 194. The van der Waals surface area contributed by atoms with Crippen LogP contribution in [0.1, 0.15) is 0 Å². The molecule has 0 aliphatic heterocycles. The van der Waals surface area contributed by atoms with Crippen LogP contribution in [-0.2, 0) is 4.74 Å². The van der Waals surface area contributed by atoms with Crippen LogP contribution in [0, 0.1) is 23.7 Å². The second-order valence-corrected chi connectivity index (χ2v) is 2.21. The summed E-state index contributed by atoms with van der Waals surface area (Å²) in [7, 11) is 1.85. The Morgan fingerprint density at radius 1 is 1.36 bits per heavy atom. The van der Waals surface area contributed by atoms with Gasteiger partial charge in [-0.1, -0.05) is 34.4 Å². The van der Waals surface area contributed by atoms with E-state index < -0.39 is 0 Å². The first kappa shape index (κ1) is 10.8. The molecule has 0 aromatic carbocycles. The lowest BCUT2D eigenvalue weighted by Gasteiger charge is -1.85. The maximum absolute atomic E-state index is 4.97. The van der Waals surface area contributed by atoms with E-state index in [9.17, 15) is 0 Å². The van der Waals surface area contributed by atoms with E-state index in [1.165, 1.54) is 0 Å². The molecule has 0 heterocycles. The average Bonchev–Trinajstić information content (AvgIpc) is 2.03. The van der Waals surface area contributed by atoms with Gasteiger partial charge in [0.2, 0.25) is 0 Å². The van der Waals surface area contributed by atoms with E-state index in [0.29, 0.717) is 17.8 Å². The number of hydrogen-bond acceptors (Lipinski definition) is 2. The third-order valence-corrected chi connectivity index (χ3v) is 1.20. The molecule has 0 spiro atoms. The van der Waals surface area contributed by atoms with E-state index >= 15 is 0 Å². The molecule has 3 heteroatoms. The maximum Gasteiger partial charge on any atom is 0.109 e. The zero-order valence-corrected chi connectivity index (χ0v) is 8.57. The molecule has 2 nitrogen and oxygen atoms in total. The van der Waals surface area contributed by atoms with E-state index in [0.717, 1.165) is 0 Å². The molecule has 0 amide bonds. The van der Waals surface area contributed by atoms with Gasteiger partial charge < -0.3 is 10.1 Å². The van der Waals surface area contributed by atoms with Crippen LogP contribution in [0.25, 0.3) is 0 Å². The Hall–Kier alpha value is -0.230. The van der Waals surface area contributed by atoms with Crippen LogP contribution < -0.4 is 5.32 Å². The third-order valence-electron chi connectivity index (χ3n) is 0.756. The molecule has 0 aliphatic carbocycles. The van der Waals surface area contributed by atoms with Crippen molar-refractivity contribution in [3.05, 3.63) is 0 Å². The molecule has 0 aromatic rings. The van der Waals surface area contributed by atoms with Crippen LogP contribution in [0.4, 0.5) is 0 Å². The standard InChI is InChI=1S/C8H10INO/c1-10-6-4-2-3-5-7-11-8-9/h10H,6-8H2,1H3. The quantitative estimate of drug-likeness (QED) is 0.349. The maximum atomic E-state index is 4.97. The Morgan fingerprint density at radius 2 is 2.09 bits per heavy atom. The summed E-state index contributed by atoms with van der Waals surface area (Å²) in [6, 6.07) is 0. The van der Waals surface area contributed by atoms with Gasteiger partial charge in [0.05, 0.1) is 11.2 Å². The van der Waals surface area contributed by atoms with Gasteiger partial charge in [-0.2, -0.15) is 0 Å². The first-order chi connectivity index (χ1) is 5.41. The Kier molecular flexibility index (Phi) is 9.57. The van der Waals surface area contributed by atoms with E-state index in [1.54, 1.807) is 0 Å². The summed E-state index contributed by atoms with van der Waals surface area (Å²) in [5.74, 6) is 11.0. The van der Waals surface area contributed by atoms with Gasteiger partial charge in [-0.05, 0) is 18.9 Å². The molecule has 0 radical (unpaired) electrons. The Labute approximate surface area is 81.2 Å². The van der Waals surface area contributed by atoms with Crippen molar-refractivity contribution < 1.29 is 4.74 Å². The van der Waals surface area contributed by atoms with Gasteiger partial charge in [0.15, 0.2) is 0 Å². The average molecular weight is 263 g/mol. The number of alkyl halides is 1. The molecular weight excluding hydrogens is 253 g/mol. The van der Waals surface area contributed by atoms with Crippen LogP contribution in [0.15, 0.2) is 0 Å². The fourth-order valence-corrected chi connectivity index (χ4v) is 0.567. The highest BCUT2D eigenvalue weighted by atomic mass is 127. The van der Waals surface area contributed by atoms with Crippen LogP contribution in [0.3, 0.4) is 0 Å². The molecule has 0 atom stereocenters. The van der Waals surface area contributed by atoms with Crippen LogP contribution in [-0.4, -0.2) is 24.8 Å². The molecule has 0 fully saturated rings. The van der Waals surface area contributed by atoms with Gasteiger partial charge in [0, 0.05) is 0 Å². The molecule has 11 heavy (non-hydrogen) atoms. The molecule has 0 saturated carbocycles. The first-order valence-corrected chi connectivity index (χ1v) is 4.68. The van der Waals surface area contributed by atoms with Crippen LogP contribution >= 0.6 is 22.6 Å². The molecule has 0 bridgehead atoms. The van der Waals surface area contributed by atoms with E-state index in [1.807, 2.05) is 7.05 Å². The molecule has 1 N–H and O–H groups in total. The van der Waals surface area contributed by atoms with Crippen molar-refractivity contribution >= 4 is 22.6 Å². The molecule has 0 rings (SSSR count). The molecule has 60 valence electrons. The topological polar surface area (TPSA) is 21.3 Å². The lowest BCUT2D eigenvalue weighted by atomic mass is 10.5. The first-order valence-electron chi connectivity index (χ1n) is 3.16. The van der Waals surface area contributed by atoms with Crippen molar-refractivity contribution in [2.24, 2.45) is 0 Å². The predicted octanol–water partition coefficient (Wildman–Crippen LogP) is 0.622. The summed E-state index contributed by atoms with van der Waals surface area (Å²) in [6.07, 6.45) is 0. The number of halogens is 1. The molecule has 0 aliphatic rings. The Balaban J connectivity index is 3.33. The summed E-state index contributed by atoms with van der Waals surface area (Å²) in [4.78, 5) is 0. The number of nitrogens with one attached hydrogen (secondary N) is 1. The van der Waals surface area contributed by atoms with E-state index in [2.05, 4.69) is 51.6 Å². The van der Waals surface area contributed by atoms with Crippen molar-refractivity contribution in [1.82, 2.24) is 5.32 Å². The normalized spacial score (nSPS) is 7.45. The van der Waals surface area contributed by atoms with Crippen LogP contribution in [0.2, 0.25) is 0 Å². The molecule has 0 unspecified atom stereocenters. The minimum atomic E-state index is 0.469. The number of hydrogen-bond donors (Lipinski definition) is 1. The summed E-state index contributed by atoms with van der Waals surface area (Å²) in [5.41, 5.74) is 0. The van der Waals surface area contributed by atoms with Gasteiger partial charge in [0.25, 0.3) is 0 Å². The molecular formula is C8H10INO. The van der Waals surface area contributed by atoms with Crippen molar-refractivity contribution in [2.45, 2.75) is 0 Å². The van der Waals surface area contributed by atoms with Crippen molar-refractivity contribution in [3.8, 4) is 23.7 Å². The monoisotopic (exact) mass is 263 g/mol. The van der Waals surface area contributed by atoms with Crippen molar-refractivity contribution in [3.63, 3.8) is 0 Å². The second-order valence-electron chi connectivity index (χ2n) is 1.59. The van der Waals surface area contributed by atoms with Crippen molar-refractivity contribution in [2.75, 3.05) is 24.8 Å². The highest BCUT2D eigenvalue weighted by Crippen LogP contribution is 1.80. The Morgan fingerprint density at radius 3 is 2.73 bits per heavy atom. The van der Waals surface area contributed by atoms with Gasteiger partial charge in [-0.3, -0.25) is 0 Å². The van der Waals surface area contributed by atoms with Gasteiger partial charge in [-0.25, -0.2) is 0 Å². The summed E-state index contributed by atoms with van der Waals surface area (Å²) < 4.78 is 5.65. The zero-order chi connectivity index (χ0) is 8.36.